The van der Waals surface area contributed by atoms with Crippen LogP contribution in [0.1, 0.15) is 5.56 Å². The van der Waals surface area contributed by atoms with E-state index in [1.54, 1.807) is 0 Å². The summed E-state index contributed by atoms with van der Waals surface area (Å²) in [5, 5.41) is 1.18. The van der Waals surface area contributed by atoms with E-state index in [-0.39, 0.29) is 0 Å². The van der Waals surface area contributed by atoms with Gasteiger partial charge in [-0.05, 0) is 6.20 Å². The molecule has 1 N–H and O–H groups in total. The van der Waals surface area contributed by atoms with Crippen molar-refractivity contribution in [2.24, 2.45) is 0 Å². The van der Waals surface area contributed by atoms with Gasteiger partial charge >= 0.3 is 0 Å². The summed E-state index contributed by atoms with van der Waals surface area (Å²) in [6, 6.07) is 9.03. The zero-order valence-electron chi connectivity index (χ0n) is 6.80. The summed E-state index contributed by atoms with van der Waals surface area (Å²) in [4.78, 5) is 3.09. The number of hydrogen-bond donors (Lipinski definition) is 1. The van der Waals surface area contributed by atoms with Crippen LogP contribution in [0, 0.1) is 6.07 Å². The van der Waals surface area contributed by atoms with Gasteiger partial charge in [-0.2, -0.15) is 18.2 Å². The van der Waals surface area contributed by atoms with Gasteiger partial charge in [0.1, 0.15) is 0 Å². The number of aromatic amines is 1. The second-order valence-corrected chi connectivity index (χ2v) is 2.40. The molecule has 1 heterocycles. The predicted molar refractivity (Wildman–Crippen MR) is 47.2 cm³/mol. The standard InChI is InChI=1S/C10H8N.Rf/c1-2-8-4-3-5-10-9(8)6-7-11-10;/h2-4,6-7,11H,1H2;/q-1;. The largest absolute Gasteiger partial charge is 0.385 e. The summed E-state index contributed by atoms with van der Waals surface area (Å²) in [7, 11) is 0. The maximum atomic E-state index is 3.73. The summed E-state index contributed by atoms with van der Waals surface area (Å²) in [5.41, 5.74) is 2.20. The zero-order chi connectivity index (χ0) is 7.68. The maximum Gasteiger partial charge on any atom is 0 e. The van der Waals surface area contributed by atoms with E-state index in [0.717, 1.165) is 11.1 Å². The Morgan fingerprint density at radius 2 is 2.25 bits per heavy atom. The molecule has 1 aromatic carbocycles. The van der Waals surface area contributed by atoms with Gasteiger partial charge in [-0.25, -0.2) is 0 Å². The molecule has 0 aliphatic carbocycles. The Labute approximate surface area is 65.4 Å². The summed E-state index contributed by atoms with van der Waals surface area (Å²) >= 11 is 0. The molecule has 2 aromatic rings. The first-order valence-corrected chi connectivity index (χ1v) is 3.52. The van der Waals surface area contributed by atoms with Crippen LogP contribution in [-0.2, 0) is 0 Å². The van der Waals surface area contributed by atoms with Crippen molar-refractivity contribution >= 4 is 17.0 Å². The number of aromatic nitrogens is 1. The van der Waals surface area contributed by atoms with Crippen molar-refractivity contribution in [1.82, 2.24) is 4.98 Å². The summed E-state index contributed by atoms with van der Waals surface area (Å²) in [6.07, 6.45) is 3.76. The van der Waals surface area contributed by atoms with Gasteiger partial charge in [0.25, 0.3) is 0 Å². The quantitative estimate of drug-likeness (QED) is 0.698. The van der Waals surface area contributed by atoms with E-state index in [9.17, 15) is 0 Å². The molecule has 1 nitrogen and oxygen atoms in total. The SMILES string of the molecule is C=Cc1cc[c-]c2[nH]ccc12.[Rf]. The zero-order valence-corrected chi connectivity index (χ0v) is 13.2. The Kier molecular flexibility index (Phi) is 1.66. The molecule has 2 rings (SSSR count). The maximum absolute atomic E-state index is 3.73. The molecule has 0 aliphatic rings. The number of rotatable bonds is 1. The van der Waals surface area contributed by atoms with Crippen LogP contribution in [0.5, 0.6) is 0 Å². The minimum Gasteiger partial charge on any atom is -0.385 e. The summed E-state index contributed by atoms with van der Waals surface area (Å²) < 4.78 is 0. The van der Waals surface area contributed by atoms with Gasteiger partial charge in [0.05, 0.1) is 0 Å². The first kappa shape index (κ1) is 7.61. The Hall–Kier alpha value is -2.50. The van der Waals surface area contributed by atoms with Crippen molar-refractivity contribution in [3.63, 3.8) is 0 Å². The van der Waals surface area contributed by atoms with Crippen LogP contribution in [0.25, 0.3) is 17.0 Å². The fraction of sp³-hybridized carbons (Fsp3) is 0. The van der Waals surface area contributed by atoms with Crippen LogP contribution in [0.2, 0.25) is 0 Å². The molecule has 0 atom stereocenters. The smallest absolute Gasteiger partial charge is 0 e. The first-order valence-electron chi connectivity index (χ1n) is 3.52. The van der Waals surface area contributed by atoms with Gasteiger partial charge in [0.15, 0.2) is 0 Å². The van der Waals surface area contributed by atoms with Gasteiger partial charge in [-0.15, -0.1) is 17.5 Å². The van der Waals surface area contributed by atoms with E-state index >= 15 is 0 Å². The van der Waals surface area contributed by atoms with Crippen LogP contribution in [-0.4, -0.2) is 4.98 Å². The average molecular weight is 409 g/mol. The van der Waals surface area contributed by atoms with Gasteiger partial charge in [-0.1, -0.05) is 17.7 Å². The molecule has 2 heteroatoms. The molecule has 0 saturated heterocycles. The molecular weight excluding hydrogens is 401 g/mol. The molecule has 0 bridgehead atoms. The van der Waals surface area contributed by atoms with Crippen molar-refractivity contribution in [3.05, 3.63) is 42.6 Å². The van der Waals surface area contributed by atoms with Gasteiger partial charge in [0.2, 0.25) is 0 Å². The molecule has 0 amide bonds. The van der Waals surface area contributed by atoms with Crippen molar-refractivity contribution in [3.8, 4) is 0 Å². The molecule has 0 saturated carbocycles. The predicted octanol–water partition coefficient (Wildman–Crippen LogP) is 2.61. The van der Waals surface area contributed by atoms with E-state index < -0.39 is 0 Å². The van der Waals surface area contributed by atoms with Gasteiger partial charge in [0, 0.05) is 0 Å². The fourth-order valence-corrected chi connectivity index (χ4v) is 1.21. The van der Waals surface area contributed by atoms with E-state index in [1.807, 2.05) is 30.5 Å². The Morgan fingerprint density at radius 3 is 3.00 bits per heavy atom. The normalized spacial score (nSPS) is 9.33. The number of fused-ring (bicyclic) bond motifs is 1. The molecule has 12 heavy (non-hydrogen) atoms. The minimum atomic E-state index is 0. The van der Waals surface area contributed by atoms with Crippen LogP contribution in [0.4, 0.5) is 0 Å². The van der Waals surface area contributed by atoms with Crippen LogP contribution in [0.15, 0.2) is 31.0 Å². The van der Waals surface area contributed by atoms with Crippen molar-refractivity contribution in [2.45, 2.75) is 0 Å². The molecule has 1 aromatic heterocycles. The summed E-state index contributed by atoms with van der Waals surface area (Å²) in [5.74, 6) is 0. The van der Waals surface area contributed by atoms with E-state index in [1.165, 1.54) is 5.39 Å². The monoisotopic (exact) mass is 409 g/mol. The van der Waals surface area contributed by atoms with Crippen molar-refractivity contribution < 1.29 is 0 Å². The van der Waals surface area contributed by atoms with Gasteiger partial charge < -0.3 is 4.98 Å². The minimum absolute atomic E-state index is 0. The number of benzene rings is 1. The topological polar surface area (TPSA) is 15.8 Å². The molecule has 0 fully saturated rings. The second-order valence-electron chi connectivity index (χ2n) is 2.40. The number of hydrogen-bond acceptors (Lipinski definition) is 0. The molecule has 0 radical (unpaired) electrons. The van der Waals surface area contributed by atoms with E-state index in [0.29, 0.717) is 0 Å². The third-order valence-corrected chi connectivity index (χ3v) is 1.77. The van der Waals surface area contributed by atoms with E-state index in [4.69, 9.17) is 0 Å². The molecular formula is C10H8NRf-. The molecule has 56 valence electrons. The van der Waals surface area contributed by atoms with Crippen molar-refractivity contribution in [2.75, 3.05) is 0 Å². The van der Waals surface area contributed by atoms with E-state index in [2.05, 4.69) is 17.6 Å². The van der Waals surface area contributed by atoms with Crippen molar-refractivity contribution in [1.29, 1.82) is 0 Å². The third kappa shape index (κ3) is 0.833. The third-order valence-electron chi connectivity index (χ3n) is 1.77. The summed E-state index contributed by atoms with van der Waals surface area (Å²) in [6.45, 7) is 3.73. The van der Waals surface area contributed by atoms with Crippen LogP contribution < -0.4 is 0 Å². The molecule has 0 unspecified atom stereocenters. The first-order chi connectivity index (χ1) is 5.42. The average Bonchev–Trinajstić information content (AvgIpc) is 2.50. The Bertz CT molecular complexity index is 389. The Balaban J connectivity index is 0.000000720. The second kappa shape index (κ2) is 2.62. The van der Waals surface area contributed by atoms with Crippen LogP contribution >= 0.6 is 0 Å². The number of nitrogens with one attached hydrogen (secondary N) is 1. The fourth-order valence-electron chi connectivity index (χ4n) is 1.21. The molecule has 0 spiro atoms. The van der Waals surface area contributed by atoms with Crippen LogP contribution in [0.3, 0.4) is 0 Å². The molecule has 0 aliphatic heterocycles. The Morgan fingerprint density at radius 1 is 1.42 bits per heavy atom. The van der Waals surface area contributed by atoms with Gasteiger partial charge in [-0.3, -0.25) is 0 Å². The number of H-pyrrole nitrogens is 1.